The zero-order chi connectivity index (χ0) is 32.5. The summed E-state index contributed by atoms with van der Waals surface area (Å²) in [7, 11) is -3.99. The molecule has 0 N–H and O–H groups in total. The molecule has 2 aromatic carbocycles. The molecule has 2 aromatic rings. The maximum atomic E-state index is 14.5. The van der Waals surface area contributed by atoms with E-state index in [1.165, 1.54) is 29.2 Å². The average Bonchev–Trinajstić information content (AvgIpc) is 3.23. The minimum Gasteiger partial charge on any atom is -0.456 e. The SMILES string of the molecule is CCN(CC)C(=O)c1ccccc1S(=O)C1=C(C(=O)OCc2ccc([N+](=O)[O-])cc2)N2C(=O)[C@H]([C@@H](C)O[Si](C)(C)C)[C@H]2[C@H]1C. The summed E-state index contributed by atoms with van der Waals surface area (Å²) in [5.74, 6) is -2.46. The first kappa shape index (κ1) is 33.2. The highest BCUT2D eigenvalue weighted by atomic mass is 32.2. The second-order valence-electron chi connectivity index (χ2n) is 11.9. The lowest BCUT2D eigenvalue weighted by Gasteiger charge is -2.48. The third-order valence-electron chi connectivity index (χ3n) is 7.91. The molecule has 5 atom stereocenters. The van der Waals surface area contributed by atoms with Gasteiger partial charge >= 0.3 is 5.97 Å². The Hall–Kier alpha value is -3.68. The molecule has 0 spiro atoms. The van der Waals surface area contributed by atoms with Gasteiger partial charge in [-0.2, -0.15) is 0 Å². The Balaban J connectivity index is 1.73. The van der Waals surface area contributed by atoms with Crippen molar-refractivity contribution in [3.05, 3.63) is 80.4 Å². The summed E-state index contributed by atoms with van der Waals surface area (Å²) in [5, 5.41) is 11.0. The van der Waals surface area contributed by atoms with E-state index in [0.717, 1.165) is 0 Å². The van der Waals surface area contributed by atoms with Crippen molar-refractivity contribution < 1.29 is 32.7 Å². The molecule has 44 heavy (non-hydrogen) atoms. The number of nitro groups is 1. The van der Waals surface area contributed by atoms with E-state index < -0.39 is 54.0 Å². The van der Waals surface area contributed by atoms with Crippen LogP contribution in [0.2, 0.25) is 19.6 Å². The number of carbonyl (C=O) groups is 3. The zero-order valence-corrected chi connectivity index (χ0v) is 27.9. The summed E-state index contributed by atoms with van der Waals surface area (Å²) in [6, 6.07) is 11.7. The van der Waals surface area contributed by atoms with Crippen molar-refractivity contribution in [2.45, 2.75) is 71.0 Å². The van der Waals surface area contributed by atoms with E-state index in [2.05, 4.69) is 0 Å². The molecular formula is C31H39N3O8SSi. The molecule has 0 saturated carbocycles. The second-order valence-corrected chi connectivity index (χ2v) is 17.8. The molecule has 2 heterocycles. The van der Waals surface area contributed by atoms with Crippen LogP contribution in [0.25, 0.3) is 0 Å². The van der Waals surface area contributed by atoms with Crippen molar-refractivity contribution in [3.8, 4) is 0 Å². The zero-order valence-electron chi connectivity index (χ0n) is 26.1. The minimum absolute atomic E-state index is 0.0886. The van der Waals surface area contributed by atoms with Crippen molar-refractivity contribution >= 4 is 42.6 Å². The molecule has 4 rings (SSSR count). The minimum atomic E-state index is -2.01. The molecule has 236 valence electrons. The van der Waals surface area contributed by atoms with Crippen LogP contribution in [0.15, 0.2) is 64.0 Å². The monoisotopic (exact) mass is 641 g/mol. The van der Waals surface area contributed by atoms with Gasteiger partial charge in [-0.1, -0.05) is 19.1 Å². The van der Waals surface area contributed by atoms with Crippen LogP contribution in [-0.2, 0) is 36.2 Å². The predicted molar refractivity (Wildman–Crippen MR) is 167 cm³/mol. The van der Waals surface area contributed by atoms with Crippen LogP contribution in [0.1, 0.15) is 43.6 Å². The third-order valence-corrected chi connectivity index (χ3v) is 10.7. The smallest absolute Gasteiger partial charge is 0.356 e. The molecule has 2 amide bonds. The molecule has 0 aromatic heterocycles. The molecule has 2 aliphatic rings. The Bertz CT molecular complexity index is 1520. The van der Waals surface area contributed by atoms with Gasteiger partial charge < -0.3 is 19.0 Å². The van der Waals surface area contributed by atoms with Gasteiger partial charge in [0.1, 0.15) is 12.3 Å². The molecule has 13 heteroatoms. The normalized spacial score (nSPS) is 20.9. The summed E-state index contributed by atoms with van der Waals surface area (Å²) in [4.78, 5) is 54.7. The number of rotatable bonds is 12. The number of β-lactam (4-membered cyclic amide) rings is 1. The van der Waals surface area contributed by atoms with Gasteiger partial charge in [0, 0.05) is 31.1 Å². The van der Waals surface area contributed by atoms with E-state index in [1.807, 2.05) is 47.3 Å². The van der Waals surface area contributed by atoms with E-state index in [9.17, 15) is 28.7 Å². The molecule has 1 saturated heterocycles. The maximum Gasteiger partial charge on any atom is 0.356 e. The number of non-ortho nitro benzene ring substituents is 1. The van der Waals surface area contributed by atoms with Gasteiger partial charge in [-0.15, -0.1) is 0 Å². The number of esters is 1. The third kappa shape index (κ3) is 6.40. The number of carbonyl (C=O) groups excluding carboxylic acids is 3. The number of ether oxygens (including phenoxy) is 1. The molecule has 0 bridgehead atoms. The lowest BCUT2D eigenvalue weighted by atomic mass is 9.79. The summed E-state index contributed by atoms with van der Waals surface area (Å²) in [6.07, 6.45) is -0.417. The first-order chi connectivity index (χ1) is 20.7. The van der Waals surface area contributed by atoms with Crippen LogP contribution in [-0.4, -0.2) is 70.3 Å². The van der Waals surface area contributed by atoms with Gasteiger partial charge in [-0.05, 0) is 70.2 Å². The largest absolute Gasteiger partial charge is 0.456 e. The topological polar surface area (TPSA) is 136 Å². The summed E-state index contributed by atoms with van der Waals surface area (Å²) < 4.78 is 26.3. The summed E-state index contributed by atoms with van der Waals surface area (Å²) in [5.41, 5.74) is 0.586. The highest BCUT2D eigenvalue weighted by molar-refractivity contribution is 7.89. The van der Waals surface area contributed by atoms with E-state index in [1.54, 1.807) is 29.2 Å². The van der Waals surface area contributed by atoms with Crippen LogP contribution in [0.5, 0.6) is 0 Å². The molecule has 0 aliphatic carbocycles. The Morgan fingerprint density at radius 1 is 1.09 bits per heavy atom. The standard InChI is InChI=1S/C31H39N3O8SSi/c1-8-32(9-2)29(35)23-12-10-11-13-24(23)43(40)28-19(3)26-25(20(4)42-44(5,6)7)30(36)33(26)27(28)31(37)41-18-21-14-16-22(17-15-21)34(38)39/h10-17,19-20,25-26H,8-9,18H2,1-7H3/t19-,20-,25-,26-,43?/m1/s1. The Kier molecular flexibility index (Phi) is 9.91. The molecular weight excluding hydrogens is 603 g/mol. The summed E-state index contributed by atoms with van der Waals surface area (Å²) in [6.45, 7) is 14.2. The van der Waals surface area contributed by atoms with E-state index in [0.29, 0.717) is 18.7 Å². The Labute approximate surface area is 260 Å². The van der Waals surface area contributed by atoms with Gasteiger partial charge in [0.15, 0.2) is 8.32 Å². The lowest BCUT2D eigenvalue weighted by Crippen LogP contribution is -2.64. The fourth-order valence-electron chi connectivity index (χ4n) is 5.92. The first-order valence-corrected chi connectivity index (χ1v) is 19.2. The lowest BCUT2D eigenvalue weighted by molar-refractivity contribution is -0.384. The van der Waals surface area contributed by atoms with Gasteiger partial charge in [0.05, 0.1) is 49.2 Å². The van der Waals surface area contributed by atoms with Gasteiger partial charge in [0.2, 0.25) is 5.91 Å². The number of hydrogen-bond donors (Lipinski definition) is 0. The van der Waals surface area contributed by atoms with Crippen molar-refractivity contribution in [2.24, 2.45) is 11.8 Å². The molecule has 1 fully saturated rings. The van der Waals surface area contributed by atoms with E-state index >= 15 is 0 Å². The van der Waals surface area contributed by atoms with Crippen LogP contribution in [0.3, 0.4) is 0 Å². The average molecular weight is 642 g/mol. The van der Waals surface area contributed by atoms with Crippen molar-refractivity contribution in [3.63, 3.8) is 0 Å². The van der Waals surface area contributed by atoms with E-state index in [-0.39, 0.29) is 45.2 Å². The molecule has 2 aliphatic heterocycles. The van der Waals surface area contributed by atoms with Crippen molar-refractivity contribution in [1.29, 1.82) is 0 Å². The van der Waals surface area contributed by atoms with Gasteiger partial charge in [0.25, 0.3) is 11.6 Å². The van der Waals surface area contributed by atoms with Crippen LogP contribution >= 0.6 is 0 Å². The Morgan fingerprint density at radius 3 is 2.27 bits per heavy atom. The highest BCUT2D eigenvalue weighted by Gasteiger charge is 2.62. The fraction of sp³-hybridized carbons (Fsp3) is 0.452. The Morgan fingerprint density at radius 2 is 1.70 bits per heavy atom. The van der Waals surface area contributed by atoms with Gasteiger partial charge in [-0.3, -0.25) is 19.7 Å². The number of benzene rings is 2. The maximum absolute atomic E-state index is 14.5. The molecule has 1 unspecified atom stereocenters. The molecule has 0 radical (unpaired) electrons. The van der Waals surface area contributed by atoms with Crippen molar-refractivity contribution in [2.75, 3.05) is 13.1 Å². The van der Waals surface area contributed by atoms with Crippen LogP contribution in [0.4, 0.5) is 5.69 Å². The van der Waals surface area contributed by atoms with E-state index in [4.69, 9.17) is 9.16 Å². The second kappa shape index (κ2) is 13.1. The van der Waals surface area contributed by atoms with Crippen LogP contribution < -0.4 is 0 Å². The first-order valence-electron chi connectivity index (χ1n) is 14.7. The number of fused-ring (bicyclic) bond motifs is 1. The number of amides is 2. The van der Waals surface area contributed by atoms with Gasteiger partial charge in [-0.25, -0.2) is 9.00 Å². The van der Waals surface area contributed by atoms with Crippen molar-refractivity contribution in [1.82, 2.24) is 9.80 Å². The fourth-order valence-corrected chi connectivity index (χ4v) is 8.81. The van der Waals surface area contributed by atoms with Crippen LogP contribution in [0, 0.1) is 22.0 Å². The molecule has 11 nitrogen and oxygen atoms in total. The number of nitrogens with zero attached hydrogens (tertiary/aromatic N) is 3. The predicted octanol–water partition coefficient (Wildman–Crippen LogP) is 4.86. The number of hydrogen-bond acceptors (Lipinski definition) is 8. The summed E-state index contributed by atoms with van der Waals surface area (Å²) >= 11 is 0. The highest BCUT2D eigenvalue weighted by Crippen LogP contribution is 2.50. The quantitative estimate of drug-likeness (QED) is 0.105. The number of nitro benzene ring substituents is 1.